The highest BCUT2D eigenvalue weighted by atomic mass is 31.1. The van der Waals surface area contributed by atoms with Crippen LogP contribution in [0.3, 0.4) is 0 Å². The fourth-order valence-corrected chi connectivity index (χ4v) is 5.31. The van der Waals surface area contributed by atoms with Crippen LogP contribution < -0.4 is 10.6 Å². The van der Waals surface area contributed by atoms with Gasteiger partial charge in [-0.3, -0.25) is 4.99 Å². The van der Waals surface area contributed by atoms with Gasteiger partial charge in [-0.1, -0.05) is 60.7 Å². The van der Waals surface area contributed by atoms with Gasteiger partial charge in [-0.25, -0.2) is 0 Å². The standard InChI is InChI=1S/C20H17NOP/c1-3-8-16(9-4-1)23(17-10-5-2-6-11-17)19-13-7-12-18(19)20-21-14-15-22-20/h1-13H,14-15H2. The van der Waals surface area contributed by atoms with Gasteiger partial charge in [-0.15, -0.1) is 0 Å². The van der Waals surface area contributed by atoms with Crippen LogP contribution in [0.25, 0.3) is 0 Å². The summed E-state index contributed by atoms with van der Waals surface area (Å²) in [4.78, 5) is 4.51. The normalized spacial score (nSPS) is 19.1. The van der Waals surface area contributed by atoms with Gasteiger partial charge in [0, 0.05) is 5.66 Å². The molecule has 0 aromatic heterocycles. The summed E-state index contributed by atoms with van der Waals surface area (Å²) >= 11 is 0. The Morgan fingerprint density at radius 3 is 2.04 bits per heavy atom. The third kappa shape index (κ3) is 3.05. The first-order valence-corrected chi connectivity index (χ1v) is 9.11. The van der Waals surface area contributed by atoms with Crippen LogP contribution in [0.1, 0.15) is 0 Å². The molecular formula is C20H17NOP. The maximum atomic E-state index is 5.72. The van der Waals surface area contributed by atoms with E-state index < -0.39 is 7.92 Å². The topological polar surface area (TPSA) is 21.6 Å². The second-order valence-corrected chi connectivity index (χ2v) is 7.55. The van der Waals surface area contributed by atoms with Crippen molar-refractivity contribution in [3.8, 4) is 0 Å². The van der Waals surface area contributed by atoms with Gasteiger partial charge in [0.1, 0.15) is 6.61 Å². The van der Waals surface area contributed by atoms with E-state index >= 15 is 0 Å². The second kappa shape index (κ2) is 6.84. The zero-order chi connectivity index (χ0) is 15.5. The van der Waals surface area contributed by atoms with Crippen molar-refractivity contribution in [2.24, 2.45) is 4.99 Å². The second-order valence-electron chi connectivity index (χ2n) is 5.37. The quantitative estimate of drug-likeness (QED) is 0.793. The number of aliphatic imine (C=N–C) groups is 1. The third-order valence-corrected chi connectivity index (χ3v) is 6.38. The molecular weight excluding hydrogens is 301 g/mol. The lowest BCUT2D eigenvalue weighted by molar-refractivity contribution is 0.344. The number of hydrogen-bond acceptors (Lipinski definition) is 2. The zero-order valence-electron chi connectivity index (χ0n) is 12.7. The van der Waals surface area contributed by atoms with Gasteiger partial charge in [-0.2, -0.15) is 0 Å². The Balaban J connectivity index is 1.73. The van der Waals surface area contributed by atoms with Crippen molar-refractivity contribution in [2.45, 2.75) is 0 Å². The van der Waals surface area contributed by atoms with E-state index in [0.717, 1.165) is 18.4 Å². The Hall–Kier alpha value is -1.66. The van der Waals surface area contributed by atoms with Crippen molar-refractivity contribution < 1.29 is 4.74 Å². The van der Waals surface area contributed by atoms with Crippen LogP contribution in [0.15, 0.2) is 65.7 Å². The largest absolute Gasteiger partial charge is 0.479 e. The summed E-state index contributed by atoms with van der Waals surface area (Å²) in [5.41, 5.74) is 1.32. The molecule has 2 nitrogen and oxygen atoms in total. The summed E-state index contributed by atoms with van der Waals surface area (Å²) in [6.45, 7) is 1.45. The smallest absolute Gasteiger partial charge is 0.192 e. The van der Waals surface area contributed by atoms with Crippen molar-refractivity contribution in [1.29, 1.82) is 0 Å². The Bertz CT molecular complexity index is 631. The van der Waals surface area contributed by atoms with Gasteiger partial charge in [0.25, 0.3) is 0 Å². The lowest BCUT2D eigenvalue weighted by Gasteiger charge is -2.28. The molecule has 0 spiro atoms. The van der Waals surface area contributed by atoms with Crippen molar-refractivity contribution >= 4 is 24.4 Å². The lowest BCUT2D eigenvalue weighted by atomic mass is 10.1. The predicted molar refractivity (Wildman–Crippen MR) is 96.7 cm³/mol. The average molecular weight is 318 g/mol. The molecule has 1 heterocycles. The van der Waals surface area contributed by atoms with E-state index in [9.17, 15) is 0 Å². The molecule has 2 aromatic carbocycles. The van der Waals surface area contributed by atoms with Crippen LogP contribution >= 0.6 is 7.92 Å². The first-order valence-electron chi connectivity index (χ1n) is 7.77. The van der Waals surface area contributed by atoms with Crippen LogP contribution in [0, 0.1) is 30.8 Å². The van der Waals surface area contributed by atoms with Crippen LogP contribution in [0.5, 0.6) is 0 Å². The first-order chi connectivity index (χ1) is 11.4. The van der Waals surface area contributed by atoms with Crippen molar-refractivity contribution in [3.05, 3.63) is 91.5 Å². The molecule has 0 bridgehead atoms. The third-order valence-electron chi connectivity index (χ3n) is 3.88. The van der Waals surface area contributed by atoms with Crippen LogP contribution in [0.2, 0.25) is 0 Å². The molecule has 0 N–H and O–H groups in total. The Labute approximate surface area is 139 Å². The zero-order valence-corrected chi connectivity index (χ0v) is 13.6. The van der Waals surface area contributed by atoms with E-state index in [-0.39, 0.29) is 0 Å². The number of rotatable bonds is 4. The fraction of sp³-hybridized carbons (Fsp3) is 0.100. The number of ether oxygens (including phenoxy) is 1. The number of benzene rings is 2. The summed E-state index contributed by atoms with van der Waals surface area (Å²) in [6.07, 6.45) is 6.45. The molecule has 2 aliphatic rings. The molecule has 0 unspecified atom stereocenters. The van der Waals surface area contributed by atoms with Gasteiger partial charge in [-0.05, 0) is 37.8 Å². The van der Waals surface area contributed by atoms with Gasteiger partial charge in [0.2, 0.25) is 0 Å². The van der Waals surface area contributed by atoms with Crippen LogP contribution in [0.4, 0.5) is 0 Å². The summed E-state index contributed by atoms with van der Waals surface area (Å²) in [7, 11) is -0.607. The highest BCUT2D eigenvalue weighted by Gasteiger charge is 2.41. The van der Waals surface area contributed by atoms with E-state index in [1.54, 1.807) is 0 Å². The first kappa shape index (κ1) is 14.9. The highest BCUT2D eigenvalue weighted by Crippen LogP contribution is 2.56. The molecule has 5 radical (unpaired) electrons. The summed E-state index contributed by atoms with van der Waals surface area (Å²) in [6, 6.07) is 21.4. The van der Waals surface area contributed by atoms with Crippen molar-refractivity contribution in [1.82, 2.24) is 0 Å². The highest BCUT2D eigenvalue weighted by molar-refractivity contribution is 7.76. The molecule has 0 atom stereocenters. The number of hydrogen-bond donors (Lipinski definition) is 0. The average Bonchev–Trinajstić information content (AvgIpc) is 3.28. The maximum absolute atomic E-state index is 5.72. The van der Waals surface area contributed by atoms with E-state index in [4.69, 9.17) is 4.74 Å². The van der Waals surface area contributed by atoms with Gasteiger partial charge < -0.3 is 4.74 Å². The molecule has 4 rings (SSSR count). The molecule has 0 amide bonds. The summed E-state index contributed by atoms with van der Waals surface area (Å²) < 4.78 is 5.72. The van der Waals surface area contributed by atoms with E-state index in [1.807, 2.05) is 0 Å². The predicted octanol–water partition coefficient (Wildman–Crippen LogP) is 3.28. The lowest BCUT2D eigenvalue weighted by Crippen LogP contribution is -2.23. The minimum Gasteiger partial charge on any atom is -0.479 e. The summed E-state index contributed by atoms with van der Waals surface area (Å²) in [5, 5.41) is 2.69. The summed E-state index contributed by atoms with van der Waals surface area (Å²) in [5.74, 6) is 1.94. The molecule has 2 aromatic rings. The monoisotopic (exact) mass is 318 g/mol. The Morgan fingerprint density at radius 2 is 1.48 bits per heavy atom. The molecule has 1 aliphatic carbocycles. The maximum Gasteiger partial charge on any atom is 0.192 e. The van der Waals surface area contributed by atoms with Crippen molar-refractivity contribution in [2.75, 3.05) is 13.2 Å². The molecule has 0 saturated heterocycles. The van der Waals surface area contributed by atoms with Crippen LogP contribution in [-0.2, 0) is 4.74 Å². The molecule has 23 heavy (non-hydrogen) atoms. The fourth-order valence-electron chi connectivity index (χ4n) is 2.87. The molecule has 3 heteroatoms. The minimum atomic E-state index is -0.607. The van der Waals surface area contributed by atoms with Crippen LogP contribution in [-0.4, -0.2) is 19.0 Å². The molecule has 1 aliphatic heterocycles. The molecule has 1 saturated carbocycles. The Kier molecular flexibility index (Phi) is 4.43. The Morgan fingerprint density at radius 1 is 0.826 bits per heavy atom. The van der Waals surface area contributed by atoms with E-state index in [0.29, 0.717) is 6.61 Å². The van der Waals surface area contributed by atoms with Gasteiger partial charge in [0.05, 0.1) is 12.5 Å². The van der Waals surface area contributed by atoms with Gasteiger partial charge >= 0.3 is 0 Å². The van der Waals surface area contributed by atoms with Gasteiger partial charge in [0.15, 0.2) is 5.90 Å². The number of nitrogens with zero attached hydrogens (tertiary/aromatic N) is 1. The van der Waals surface area contributed by atoms with E-state index in [1.165, 1.54) is 16.3 Å². The molecule has 1 fully saturated rings. The minimum absolute atomic E-state index is 0.607. The van der Waals surface area contributed by atoms with Crippen molar-refractivity contribution in [3.63, 3.8) is 0 Å². The SMILES string of the molecule is [CH]1[CH][C](C2=NCCO2)[C](P(c2ccccc2)c2ccccc2)[CH]1. The van der Waals surface area contributed by atoms with E-state index in [2.05, 4.69) is 84.9 Å². The molecule has 113 valence electrons.